The minimum atomic E-state index is -3.35. The lowest BCUT2D eigenvalue weighted by Crippen LogP contribution is -2.45. The zero-order valence-corrected chi connectivity index (χ0v) is 13.9. The molecular weight excluding hydrogens is 286 g/mol. The normalized spacial score (nSPS) is 18.3. The van der Waals surface area contributed by atoms with E-state index in [0.717, 1.165) is 44.8 Å². The zero-order valence-electron chi connectivity index (χ0n) is 13.1. The lowest BCUT2D eigenvalue weighted by molar-refractivity contribution is 0.132. The highest BCUT2D eigenvalue weighted by Crippen LogP contribution is 2.16. The Balaban J connectivity index is 2.06. The molecule has 1 aromatic carbocycles. The molecule has 118 valence electrons. The Morgan fingerprint density at radius 1 is 1.10 bits per heavy atom. The highest BCUT2D eigenvalue weighted by molar-refractivity contribution is 7.89. The molecule has 1 saturated heterocycles. The Kier molecular flexibility index (Phi) is 5.37. The Labute approximate surface area is 128 Å². The average Bonchev–Trinajstić information content (AvgIpc) is 2.48. The van der Waals surface area contributed by atoms with Crippen molar-refractivity contribution in [1.29, 1.82) is 0 Å². The number of sulfonamides is 1. The summed E-state index contributed by atoms with van der Waals surface area (Å²) >= 11 is 0. The monoisotopic (exact) mass is 311 g/mol. The number of hydrogen-bond donors (Lipinski definition) is 0. The highest BCUT2D eigenvalue weighted by atomic mass is 32.2. The minimum Gasteiger partial charge on any atom is -0.301 e. The van der Waals surface area contributed by atoms with Crippen LogP contribution in [0.15, 0.2) is 29.2 Å². The van der Waals surface area contributed by atoms with Crippen LogP contribution in [0.4, 0.5) is 0 Å². The van der Waals surface area contributed by atoms with Crippen LogP contribution in [-0.4, -0.2) is 69.3 Å². The number of rotatable bonds is 5. The Morgan fingerprint density at radius 2 is 1.71 bits per heavy atom. The maximum absolute atomic E-state index is 12.2. The molecule has 5 nitrogen and oxygen atoms in total. The third-order valence-electron chi connectivity index (χ3n) is 4.00. The van der Waals surface area contributed by atoms with E-state index in [0.29, 0.717) is 4.90 Å². The summed E-state index contributed by atoms with van der Waals surface area (Å²) in [7, 11) is -0.223. The zero-order chi connectivity index (χ0) is 15.5. The summed E-state index contributed by atoms with van der Waals surface area (Å²) in [5, 5.41) is 0. The molecule has 1 heterocycles. The van der Waals surface area contributed by atoms with Crippen LogP contribution in [0.3, 0.4) is 0 Å². The molecule has 0 bridgehead atoms. The van der Waals surface area contributed by atoms with Gasteiger partial charge in [-0.25, -0.2) is 12.7 Å². The van der Waals surface area contributed by atoms with Crippen LogP contribution in [-0.2, 0) is 16.6 Å². The van der Waals surface area contributed by atoms with Gasteiger partial charge >= 0.3 is 0 Å². The fraction of sp³-hybridized carbons (Fsp3) is 0.600. The minimum absolute atomic E-state index is 0.372. The fourth-order valence-corrected chi connectivity index (χ4v) is 3.51. The highest BCUT2D eigenvalue weighted by Gasteiger charge is 2.19. The maximum Gasteiger partial charge on any atom is 0.242 e. The second-order valence-corrected chi connectivity index (χ2v) is 7.80. The molecule has 0 aromatic heterocycles. The van der Waals surface area contributed by atoms with E-state index in [-0.39, 0.29) is 0 Å². The van der Waals surface area contributed by atoms with Gasteiger partial charge in [-0.15, -0.1) is 0 Å². The van der Waals surface area contributed by atoms with E-state index in [1.807, 2.05) is 12.1 Å². The molecule has 0 atom stereocenters. The summed E-state index contributed by atoms with van der Waals surface area (Å²) in [6.07, 6.45) is 0. The molecule has 21 heavy (non-hydrogen) atoms. The van der Waals surface area contributed by atoms with Crippen molar-refractivity contribution in [3.05, 3.63) is 29.8 Å². The summed E-state index contributed by atoms with van der Waals surface area (Å²) in [6, 6.07) is 7.28. The summed E-state index contributed by atoms with van der Waals surface area (Å²) in [4.78, 5) is 5.19. The molecule has 0 unspecified atom stereocenters. The summed E-state index contributed by atoms with van der Waals surface area (Å²) in [5.74, 6) is 0. The van der Waals surface area contributed by atoms with Gasteiger partial charge in [0.25, 0.3) is 0 Å². The second kappa shape index (κ2) is 6.87. The molecule has 2 rings (SSSR count). The van der Waals surface area contributed by atoms with Gasteiger partial charge in [0.2, 0.25) is 10.0 Å². The van der Waals surface area contributed by atoms with Crippen LogP contribution in [0.25, 0.3) is 0 Å². The Hall–Kier alpha value is -0.950. The van der Waals surface area contributed by atoms with Crippen molar-refractivity contribution in [1.82, 2.24) is 14.1 Å². The average molecular weight is 311 g/mol. The van der Waals surface area contributed by atoms with Crippen molar-refractivity contribution in [2.75, 3.05) is 46.8 Å². The van der Waals surface area contributed by atoms with Crippen LogP contribution in [0.1, 0.15) is 12.5 Å². The van der Waals surface area contributed by atoms with Gasteiger partial charge in [-0.3, -0.25) is 4.90 Å². The second-order valence-electron chi connectivity index (χ2n) is 5.65. The standard InChI is InChI=1S/C15H25N3O2S/c1-4-17-8-10-18(11-9-17)13-14-6-5-7-15(12-14)21(19,20)16(2)3/h5-7,12H,4,8-11,13H2,1-3H3. The van der Waals surface area contributed by atoms with E-state index in [4.69, 9.17) is 0 Å². The van der Waals surface area contributed by atoms with Crippen molar-refractivity contribution >= 4 is 10.0 Å². The summed E-state index contributed by atoms with van der Waals surface area (Å²) < 4.78 is 25.6. The number of nitrogens with zero attached hydrogens (tertiary/aromatic N) is 3. The van der Waals surface area contributed by atoms with Gasteiger partial charge in [0.05, 0.1) is 4.90 Å². The van der Waals surface area contributed by atoms with Gasteiger partial charge < -0.3 is 4.90 Å². The van der Waals surface area contributed by atoms with Gasteiger partial charge in [-0.1, -0.05) is 19.1 Å². The summed E-state index contributed by atoms with van der Waals surface area (Å²) in [6.45, 7) is 8.36. The molecule has 0 radical (unpaired) electrons. The predicted molar refractivity (Wildman–Crippen MR) is 84.7 cm³/mol. The third-order valence-corrected chi connectivity index (χ3v) is 5.81. The molecule has 6 heteroatoms. The van der Waals surface area contributed by atoms with E-state index in [1.54, 1.807) is 26.2 Å². The predicted octanol–water partition coefficient (Wildman–Crippen LogP) is 1.07. The van der Waals surface area contributed by atoms with E-state index in [2.05, 4.69) is 16.7 Å². The number of benzene rings is 1. The topological polar surface area (TPSA) is 43.9 Å². The first-order chi connectivity index (χ1) is 9.93. The van der Waals surface area contributed by atoms with Crippen molar-refractivity contribution in [3.8, 4) is 0 Å². The molecule has 0 spiro atoms. The van der Waals surface area contributed by atoms with Crippen LogP contribution in [0.5, 0.6) is 0 Å². The molecule has 1 aromatic rings. The van der Waals surface area contributed by atoms with Gasteiger partial charge in [0.1, 0.15) is 0 Å². The molecule has 0 aliphatic carbocycles. The van der Waals surface area contributed by atoms with Gasteiger partial charge in [-0.2, -0.15) is 0 Å². The van der Waals surface area contributed by atoms with E-state index in [9.17, 15) is 8.42 Å². The van der Waals surface area contributed by atoms with Crippen LogP contribution >= 0.6 is 0 Å². The lowest BCUT2D eigenvalue weighted by atomic mass is 10.2. The Morgan fingerprint density at radius 3 is 2.29 bits per heavy atom. The molecule has 1 fully saturated rings. The summed E-state index contributed by atoms with van der Waals surface area (Å²) in [5.41, 5.74) is 1.06. The molecule has 0 N–H and O–H groups in total. The van der Waals surface area contributed by atoms with Gasteiger partial charge in [-0.05, 0) is 24.2 Å². The first-order valence-corrected chi connectivity index (χ1v) is 8.83. The van der Waals surface area contributed by atoms with Crippen LogP contribution in [0.2, 0.25) is 0 Å². The van der Waals surface area contributed by atoms with Crippen LogP contribution in [0, 0.1) is 0 Å². The van der Waals surface area contributed by atoms with E-state index < -0.39 is 10.0 Å². The molecule has 0 saturated carbocycles. The van der Waals surface area contributed by atoms with Crippen molar-refractivity contribution in [2.45, 2.75) is 18.4 Å². The fourth-order valence-electron chi connectivity index (χ4n) is 2.54. The lowest BCUT2D eigenvalue weighted by Gasteiger charge is -2.34. The van der Waals surface area contributed by atoms with Crippen molar-refractivity contribution in [2.24, 2.45) is 0 Å². The van der Waals surface area contributed by atoms with Gasteiger partial charge in [0, 0.05) is 46.8 Å². The third kappa shape index (κ3) is 4.03. The van der Waals surface area contributed by atoms with Crippen molar-refractivity contribution < 1.29 is 8.42 Å². The number of likely N-dealkylation sites (N-methyl/N-ethyl adjacent to an activating group) is 1. The Bertz CT molecular complexity index is 564. The maximum atomic E-state index is 12.2. The molecule has 1 aliphatic rings. The molecular formula is C15H25N3O2S. The smallest absolute Gasteiger partial charge is 0.242 e. The van der Waals surface area contributed by atoms with Crippen LogP contribution < -0.4 is 0 Å². The number of hydrogen-bond acceptors (Lipinski definition) is 4. The van der Waals surface area contributed by atoms with E-state index >= 15 is 0 Å². The van der Waals surface area contributed by atoms with E-state index in [1.165, 1.54) is 4.31 Å². The molecule has 1 aliphatic heterocycles. The number of piperazine rings is 1. The SMILES string of the molecule is CCN1CCN(Cc2cccc(S(=O)(=O)N(C)C)c2)CC1. The quantitative estimate of drug-likeness (QED) is 0.816. The van der Waals surface area contributed by atoms with Crippen molar-refractivity contribution in [3.63, 3.8) is 0 Å². The first-order valence-electron chi connectivity index (χ1n) is 7.39. The largest absolute Gasteiger partial charge is 0.301 e. The molecule has 0 amide bonds. The van der Waals surface area contributed by atoms with Gasteiger partial charge in [0.15, 0.2) is 0 Å². The first kappa shape index (κ1) is 16.4.